The van der Waals surface area contributed by atoms with Crippen molar-refractivity contribution in [3.05, 3.63) is 244 Å². The largest absolute Gasteiger partial charge is 0.514 e. The first kappa shape index (κ1) is 70.0. The summed E-state index contributed by atoms with van der Waals surface area (Å²) in [5, 5.41) is 0. The molecule has 0 bridgehead atoms. The van der Waals surface area contributed by atoms with E-state index in [1.165, 1.54) is 0 Å². The third kappa shape index (κ3) is 18.0. The van der Waals surface area contributed by atoms with Crippen LogP contribution < -0.4 is 23.7 Å². The SMILES string of the molecule is CC(C)(C)OC(=O)Oc1ccc(-c2ccc(C(C)(c3ccc(C(C)(c4ccc(OC(=O)OC(C)(C)C)cc4)c4ccc(OC(=O)OC(C)(C)C)cc4)cc3)c3ccc(C(C)(c4ccc(OC(=O)OC(C)(C)C)cc4)c4ccc(OC(=O)OC(C)(C)C)cc4)cc3)cc2)cc1. The Balaban J connectivity index is 1.23. The summed E-state index contributed by atoms with van der Waals surface area (Å²) >= 11 is 0. The molecule has 15 heteroatoms. The third-order valence-corrected chi connectivity index (χ3v) is 15.4. The molecule has 0 fully saturated rings. The fourth-order valence-corrected chi connectivity index (χ4v) is 10.7. The Morgan fingerprint density at radius 2 is 0.309 bits per heavy atom. The van der Waals surface area contributed by atoms with E-state index in [1.54, 1.807) is 165 Å². The lowest BCUT2D eigenvalue weighted by Crippen LogP contribution is -2.29. The fraction of sp³-hybridized carbons (Fsp3) is 0.329. The van der Waals surface area contributed by atoms with Gasteiger partial charge in [-0.15, -0.1) is 0 Å². The van der Waals surface area contributed by atoms with E-state index in [2.05, 4.69) is 93.6 Å². The van der Waals surface area contributed by atoms with E-state index in [1.807, 2.05) is 60.7 Å². The fourth-order valence-electron chi connectivity index (χ4n) is 10.7. The van der Waals surface area contributed by atoms with Gasteiger partial charge in [-0.2, -0.15) is 0 Å². The minimum Gasteiger partial charge on any atom is -0.428 e. The summed E-state index contributed by atoms with van der Waals surface area (Å²) in [5.41, 5.74) is 3.85. The molecule has 0 unspecified atom stereocenters. The molecule has 0 N–H and O–H groups in total. The van der Waals surface area contributed by atoms with Gasteiger partial charge in [0.2, 0.25) is 0 Å². The van der Waals surface area contributed by atoms with Crippen LogP contribution in [0.2, 0.25) is 0 Å². The van der Waals surface area contributed by atoms with Crippen molar-refractivity contribution >= 4 is 30.8 Å². The predicted octanol–water partition coefficient (Wildman–Crippen LogP) is 20.0. The van der Waals surface area contributed by atoms with Crippen LogP contribution >= 0.6 is 0 Å². The zero-order chi connectivity index (χ0) is 68.8. The van der Waals surface area contributed by atoms with Gasteiger partial charge in [0.15, 0.2) is 0 Å². The van der Waals surface area contributed by atoms with Crippen molar-refractivity contribution in [3.8, 4) is 39.9 Å². The van der Waals surface area contributed by atoms with Crippen molar-refractivity contribution in [1.82, 2.24) is 0 Å². The summed E-state index contributed by atoms with van der Waals surface area (Å²) in [5.74, 6) is 1.57. The van der Waals surface area contributed by atoms with Gasteiger partial charge >= 0.3 is 30.8 Å². The van der Waals surface area contributed by atoms with Crippen LogP contribution in [0.1, 0.15) is 175 Å². The molecule has 0 amide bonds. The average Bonchev–Trinajstić information content (AvgIpc) is 0.751. The molecule has 8 aromatic rings. The maximum atomic E-state index is 12.8. The summed E-state index contributed by atoms with van der Waals surface area (Å²) in [6, 6.07) is 61.9. The zero-order valence-electron chi connectivity index (χ0n) is 57.1. The molecule has 15 nitrogen and oxygen atoms in total. The van der Waals surface area contributed by atoms with E-state index in [0.717, 1.165) is 61.2 Å². The van der Waals surface area contributed by atoms with Crippen LogP contribution in [0, 0.1) is 0 Å². The van der Waals surface area contributed by atoms with Crippen LogP contribution in [-0.2, 0) is 39.9 Å². The molecule has 0 saturated carbocycles. The Kier molecular flexibility index (Phi) is 20.4. The molecule has 94 heavy (non-hydrogen) atoms. The Morgan fingerprint density at radius 1 is 0.191 bits per heavy atom. The van der Waals surface area contributed by atoms with Gasteiger partial charge in [-0.3, -0.25) is 0 Å². The second kappa shape index (κ2) is 27.4. The highest BCUT2D eigenvalue weighted by Crippen LogP contribution is 2.46. The normalized spacial score (nSPS) is 12.4. The van der Waals surface area contributed by atoms with Crippen molar-refractivity contribution in [2.24, 2.45) is 0 Å². The zero-order valence-corrected chi connectivity index (χ0v) is 57.1. The topological polar surface area (TPSA) is 178 Å². The first-order chi connectivity index (χ1) is 43.8. The van der Waals surface area contributed by atoms with E-state index in [-0.39, 0.29) is 0 Å². The molecule has 0 aromatic heterocycles. The predicted molar refractivity (Wildman–Crippen MR) is 362 cm³/mol. The summed E-state index contributed by atoms with van der Waals surface area (Å²) < 4.78 is 55.1. The van der Waals surface area contributed by atoms with Crippen LogP contribution in [0.15, 0.2) is 194 Å². The molecule has 0 heterocycles. The molecular weight excluding hydrogens is 1190 g/mol. The smallest absolute Gasteiger partial charge is 0.428 e. The number of hydrogen-bond donors (Lipinski definition) is 0. The van der Waals surface area contributed by atoms with E-state index in [4.69, 9.17) is 47.4 Å². The highest BCUT2D eigenvalue weighted by atomic mass is 16.8. The van der Waals surface area contributed by atoms with E-state index < -0.39 is 75.0 Å². The molecule has 0 saturated heterocycles. The Labute approximate surface area is 552 Å². The highest BCUT2D eigenvalue weighted by Gasteiger charge is 2.38. The van der Waals surface area contributed by atoms with Crippen LogP contribution in [0.4, 0.5) is 24.0 Å². The number of carbonyl (C=O) groups is 5. The summed E-state index contributed by atoms with van der Waals surface area (Å²) in [4.78, 5) is 63.7. The van der Waals surface area contributed by atoms with Crippen LogP contribution in [0.3, 0.4) is 0 Å². The Hall–Kier alpha value is -9.89. The van der Waals surface area contributed by atoms with Gasteiger partial charge in [0.05, 0.1) is 0 Å². The quantitative estimate of drug-likeness (QED) is 0.0409. The lowest BCUT2D eigenvalue weighted by Gasteiger charge is -2.36. The summed E-state index contributed by atoms with van der Waals surface area (Å²) in [6.07, 6.45) is -4.07. The number of rotatable bonds is 15. The number of hydrogen-bond acceptors (Lipinski definition) is 15. The molecule has 0 aliphatic rings. The van der Waals surface area contributed by atoms with Gasteiger partial charge in [0.1, 0.15) is 56.8 Å². The molecule has 0 atom stereocenters. The number of ether oxygens (including phenoxy) is 10. The molecule has 0 radical (unpaired) electrons. The van der Waals surface area contributed by atoms with Crippen LogP contribution in [0.5, 0.6) is 28.7 Å². The van der Waals surface area contributed by atoms with Gasteiger partial charge in [-0.05, 0) is 246 Å². The van der Waals surface area contributed by atoms with E-state index in [9.17, 15) is 24.0 Å². The van der Waals surface area contributed by atoms with Gasteiger partial charge in [-0.1, -0.05) is 133 Å². The molecule has 0 spiro atoms. The first-order valence-electron chi connectivity index (χ1n) is 31.2. The molecule has 0 aliphatic heterocycles. The summed E-state index contributed by atoms with van der Waals surface area (Å²) in [7, 11) is 0. The standard InChI is InChI=1S/C79H86O15/c1-72(2,3)90-67(80)85-62-41-21-52(22-42-62)51-19-23-53(24-20-51)77(16,54-25-29-56(30-26-54)78(17,58-33-43-63(44-34-58)86-68(81)91-73(4,5)6)59-35-45-64(46-36-59)87-69(82)92-74(7,8)9)55-27-31-57(32-28-55)79(18,60-37-47-65(48-38-60)88-70(83)93-75(10,11)12)61-39-49-66(50-40-61)89-71(84)94-76(13,14)15/h19-50H,1-18H3. The summed E-state index contributed by atoms with van der Waals surface area (Å²) in [6.45, 7) is 33.0. The lowest BCUT2D eigenvalue weighted by molar-refractivity contribution is 0.0193. The first-order valence-corrected chi connectivity index (χ1v) is 31.2. The van der Waals surface area contributed by atoms with Crippen LogP contribution in [-0.4, -0.2) is 58.8 Å². The molecule has 8 rings (SSSR count). The second-order valence-corrected chi connectivity index (χ2v) is 28.6. The second-order valence-electron chi connectivity index (χ2n) is 28.6. The molecular formula is C79H86O15. The van der Waals surface area contributed by atoms with Gasteiger partial charge in [0, 0.05) is 16.2 Å². The van der Waals surface area contributed by atoms with Crippen molar-refractivity contribution in [2.75, 3.05) is 0 Å². The minimum absolute atomic E-state index is 0.305. The van der Waals surface area contributed by atoms with Crippen molar-refractivity contribution in [2.45, 2.75) is 169 Å². The van der Waals surface area contributed by atoms with Crippen LogP contribution in [0.25, 0.3) is 11.1 Å². The maximum Gasteiger partial charge on any atom is 0.514 e. The molecule has 0 aliphatic carbocycles. The number of carbonyl (C=O) groups excluding carboxylic acids is 5. The van der Waals surface area contributed by atoms with Gasteiger partial charge in [0.25, 0.3) is 0 Å². The highest BCUT2D eigenvalue weighted by molar-refractivity contribution is 5.70. The van der Waals surface area contributed by atoms with E-state index >= 15 is 0 Å². The van der Waals surface area contributed by atoms with Crippen molar-refractivity contribution < 1.29 is 71.3 Å². The van der Waals surface area contributed by atoms with Gasteiger partial charge in [-0.25, -0.2) is 24.0 Å². The van der Waals surface area contributed by atoms with Gasteiger partial charge < -0.3 is 47.4 Å². The van der Waals surface area contributed by atoms with Crippen molar-refractivity contribution in [3.63, 3.8) is 0 Å². The maximum absolute atomic E-state index is 12.8. The monoisotopic (exact) mass is 1270 g/mol. The Bertz CT molecular complexity index is 3580. The average molecular weight is 1280 g/mol. The minimum atomic E-state index is -0.842. The molecule has 492 valence electrons. The number of benzene rings is 8. The third-order valence-electron chi connectivity index (χ3n) is 15.4. The Morgan fingerprint density at radius 3 is 0.457 bits per heavy atom. The van der Waals surface area contributed by atoms with E-state index in [0.29, 0.717) is 28.7 Å². The lowest BCUT2D eigenvalue weighted by atomic mass is 9.67. The van der Waals surface area contributed by atoms with Crippen molar-refractivity contribution in [1.29, 1.82) is 0 Å². The molecule has 8 aromatic carbocycles.